The van der Waals surface area contributed by atoms with Crippen LogP contribution in [0.2, 0.25) is 5.02 Å². The summed E-state index contributed by atoms with van der Waals surface area (Å²) in [6.07, 6.45) is 1.42. The first-order valence-electron chi connectivity index (χ1n) is 10.1. The maximum absolute atomic E-state index is 13.4. The first-order valence-corrected chi connectivity index (χ1v) is 13.1. The van der Waals surface area contributed by atoms with Gasteiger partial charge >= 0.3 is 0 Å². The Morgan fingerprint density at radius 3 is 2.31 bits per heavy atom. The summed E-state index contributed by atoms with van der Waals surface area (Å²) in [7, 11) is -3.76. The van der Waals surface area contributed by atoms with Gasteiger partial charge in [0, 0.05) is 22.6 Å². The van der Waals surface area contributed by atoms with E-state index in [2.05, 4.69) is 21.2 Å². The molecule has 0 aliphatic heterocycles. The zero-order chi connectivity index (χ0) is 23.9. The summed E-state index contributed by atoms with van der Waals surface area (Å²) in [6, 6.07) is 12.9. The molecule has 2 aromatic rings. The van der Waals surface area contributed by atoms with Gasteiger partial charge in [0.25, 0.3) is 0 Å². The van der Waals surface area contributed by atoms with E-state index < -0.39 is 28.5 Å². The SMILES string of the molecule is CCNC(=O)[C@H](CC)N(Cc1ccc(Cl)cc1)C(=O)CN(c1cccc(Br)c1)S(C)(=O)=O. The predicted molar refractivity (Wildman–Crippen MR) is 131 cm³/mol. The van der Waals surface area contributed by atoms with Gasteiger partial charge in [0.1, 0.15) is 12.6 Å². The minimum Gasteiger partial charge on any atom is -0.355 e. The predicted octanol–water partition coefficient (Wildman–Crippen LogP) is 3.81. The number of benzene rings is 2. The van der Waals surface area contributed by atoms with Crippen LogP contribution in [0.25, 0.3) is 0 Å². The Balaban J connectivity index is 2.42. The number of hydrogen-bond donors (Lipinski definition) is 1. The molecule has 10 heteroatoms. The number of anilines is 1. The molecule has 0 spiro atoms. The summed E-state index contributed by atoms with van der Waals surface area (Å²) in [5, 5.41) is 3.31. The molecule has 7 nitrogen and oxygen atoms in total. The van der Waals surface area contributed by atoms with E-state index in [0.717, 1.165) is 16.1 Å². The van der Waals surface area contributed by atoms with Crippen molar-refractivity contribution in [3.63, 3.8) is 0 Å². The van der Waals surface area contributed by atoms with Gasteiger partial charge in [0.15, 0.2) is 0 Å². The molecule has 0 saturated carbocycles. The second-order valence-corrected chi connectivity index (χ2v) is 10.5. The van der Waals surface area contributed by atoms with E-state index in [9.17, 15) is 18.0 Å². The molecule has 0 heterocycles. The van der Waals surface area contributed by atoms with Crippen molar-refractivity contribution < 1.29 is 18.0 Å². The molecule has 0 fully saturated rings. The van der Waals surface area contributed by atoms with Crippen LogP contribution in [0.3, 0.4) is 0 Å². The average molecular weight is 545 g/mol. The van der Waals surface area contributed by atoms with Crippen LogP contribution >= 0.6 is 27.5 Å². The molecule has 1 N–H and O–H groups in total. The summed E-state index contributed by atoms with van der Waals surface area (Å²) in [5.74, 6) is -0.769. The molecule has 0 aliphatic rings. The monoisotopic (exact) mass is 543 g/mol. The highest BCUT2D eigenvalue weighted by atomic mass is 79.9. The second kappa shape index (κ2) is 11.7. The van der Waals surface area contributed by atoms with E-state index in [-0.39, 0.29) is 12.5 Å². The highest BCUT2D eigenvalue weighted by molar-refractivity contribution is 9.10. The smallest absolute Gasteiger partial charge is 0.244 e. The average Bonchev–Trinajstić information content (AvgIpc) is 2.72. The first kappa shape index (κ1) is 26.2. The lowest BCUT2D eigenvalue weighted by molar-refractivity contribution is -0.140. The third-order valence-corrected chi connectivity index (χ3v) is 6.66. The number of likely N-dealkylation sites (N-methyl/N-ethyl adjacent to an activating group) is 1. The van der Waals surface area contributed by atoms with E-state index >= 15 is 0 Å². The molecular weight excluding hydrogens is 518 g/mol. The number of nitrogens with zero attached hydrogens (tertiary/aromatic N) is 2. The van der Waals surface area contributed by atoms with Crippen molar-refractivity contribution in [3.8, 4) is 0 Å². The number of carbonyl (C=O) groups excluding carboxylic acids is 2. The van der Waals surface area contributed by atoms with E-state index in [1.54, 1.807) is 55.5 Å². The van der Waals surface area contributed by atoms with Crippen LogP contribution in [0, 0.1) is 0 Å². The van der Waals surface area contributed by atoms with Crippen molar-refractivity contribution in [1.82, 2.24) is 10.2 Å². The molecule has 2 amide bonds. The van der Waals surface area contributed by atoms with E-state index in [1.807, 2.05) is 6.92 Å². The van der Waals surface area contributed by atoms with E-state index in [0.29, 0.717) is 28.1 Å². The van der Waals surface area contributed by atoms with Crippen LogP contribution in [0.1, 0.15) is 25.8 Å². The number of amides is 2. The lowest BCUT2D eigenvalue weighted by Gasteiger charge is -2.32. The van der Waals surface area contributed by atoms with Gasteiger partial charge < -0.3 is 10.2 Å². The molecular formula is C22H27BrClN3O4S. The molecule has 0 unspecified atom stereocenters. The number of halogens is 2. The normalized spacial score (nSPS) is 12.2. The number of rotatable bonds is 10. The van der Waals surface area contributed by atoms with Crippen LogP contribution in [0.5, 0.6) is 0 Å². The Morgan fingerprint density at radius 2 is 1.78 bits per heavy atom. The highest BCUT2D eigenvalue weighted by Gasteiger charge is 2.31. The Morgan fingerprint density at radius 1 is 1.12 bits per heavy atom. The fraction of sp³-hybridized carbons (Fsp3) is 0.364. The molecule has 2 aromatic carbocycles. The lowest BCUT2D eigenvalue weighted by atomic mass is 10.1. The Bertz CT molecular complexity index is 1050. The Hall–Kier alpha value is -2.10. The van der Waals surface area contributed by atoms with Gasteiger partial charge in [0.2, 0.25) is 21.8 Å². The molecule has 1 atom stereocenters. The van der Waals surface area contributed by atoms with Gasteiger partial charge in [0.05, 0.1) is 11.9 Å². The van der Waals surface area contributed by atoms with Crippen LogP contribution in [0.15, 0.2) is 53.0 Å². The molecule has 0 aliphatic carbocycles. The van der Waals surface area contributed by atoms with Crippen LogP contribution in [0.4, 0.5) is 5.69 Å². The van der Waals surface area contributed by atoms with Gasteiger partial charge in [-0.1, -0.05) is 52.7 Å². The standard InChI is InChI=1S/C22H27BrClN3O4S/c1-4-20(22(29)25-5-2)26(14-16-9-11-18(24)12-10-16)21(28)15-27(32(3,30)31)19-8-6-7-17(23)13-19/h6-13,20H,4-5,14-15H2,1-3H3,(H,25,29)/t20-/m0/s1. The molecule has 32 heavy (non-hydrogen) atoms. The second-order valence-electron chi connectivity index (χ2n) is 7.22. The number of sulfonamides is 1. The van der Waals surface area contributed by atoms with Crippen molar-refractivity contribution in [2.45, 2.75) is 32.9 Å². The van der Waals surface area contributed by atoms with Gasteiger partial charge in [-0.15, -0.1) is 0 Å². The number of carbonyl (C=O) groups is 2. The first-order chi connectivity index (χ1) is 15.1. The quantitative estimate of drug-likeness (QED) is 0.493. The van der Waals surface area contributed by atoms with Crippen molar-refractivity contribution in [2.24, 2.45) is 0 Å². The van der Waals surface area contributed by atoms with E-state index in [1.165, 1.54) is 4.90 Å². The molecule has 0 radical (unpaired) electrons. The maximum atomic E-state index is 13.4. The minimum atomic E-state index is -3.76. The van der Waals surface area contributed by atoms with Gasteiger partial charge in [-0.3, -0.25) is 13.9 Å². The fourth-order valence-electron chi connectivity index (χ4n) is 3.24. The summed E-state index contributed by atoms with van der Waals surface area (Å²) >= 11 is 9.30. The molecule has 0 saturated heterocycles. The van der Waals surface area contributed by atoms with Gasteiger partial charge in [-0.25, -0.2) is 8.42 Å². The van der Waals surface area contributed by atoms with Crippen molar-refractivity contribution >= 4 is 55.1 Å². The van der Waals surface area contributed by atoms with Crippen molar-refractivity contribution in [1.29, 1.82) is 0 Å². The fourth-order valence-corrected chi connectivity index (χ4v) is 4.60. The number of nitrogens with one attached hydrogen (secondary N) is 1. The van der Waals surface area contributed by atoms with Crippen LogP contribution in [-0.4, -0.2) is 50.5 Å². The van der Waals surface area contributed by atoms with E-state index in [4.69, 9.17) is 11.6 Å². The third-order valence-electron chi connectivity index (χ3n) is 4.78. The Kier molecular flexibility index (Phi) is 9.54. The largest absolute Gasteiger partial charge is 0.355 e. The zero-order valence-corrected chi connectivity index (χ0v) is 21.4. The topological polar surface area (TPSA) is 86.8 Å². The highest BCUT2D eigenvalue weighted by Crippen LogP contribution is 2.23. The van der Waals surface area contributed by atoms with Gasteiger partial charge in [-0.05, 0) is 49.2 Å². The number of hydrogen-bond acceptors (Lipinski definition) is 4. The van der Waals surface area contributed by atoms with Gasteiger partial charge in [-0.2, -0.15) is 0 Å². The summed E-state index contributed by atoms with van der Waals surface area (Å²) in [4.78, 5) is 27.6. The third kappa shape index (κ3) is 7.21. The summed E-state index contributed by atoms with van der Waals surface area (Å²) in [6.45, 7) is 3.74. The molecule has 0 aromatic heterocycles. The Labute approximate surface area is 202 Å². The molecule has 2 rings (SSSR count). The molecule has 174 valence electrons. The summed E-state index contributed by atoms with van der Waals surface area (Å²) in [5.41, 5.74) is 1.13. The van der Waals surface area contributed by atoms with Crippen molar-refractivity contribution in [2.75, 3.05) is 23.7 Å². The van der Waals surface area contributed by atoms with Crippen LogP contribution in [-0.2, 0) is 26.2 Å². The summed E-state index contributed by atoms with van der Waals surface area (Å²) < 4.78 is 26.8. The zero-order valence-electron chi connectivity index (χ0n) is 18.2. The van der Waals surface area contributed by atoms with Crippen LogP contribution < -0.4 is 9.62 Å². The lowest BCUT2D eigenvalue weighted by Crippen LogP contribution is -2.52. The maximum Gasteiger partial charge on any atom is 0.244 e. The molecule has 0 bridgehead atoms. The van der Waals surface area contributed by atoms with Crippen molar-refractivity contribution in [3.05, 3.63) is 63.6 Å². The minimum absolute atomic E-state index is 0.141.